The van der Waals surface area contributed by atoms with Crippen molar-refractivity contribution in [1.29, 1.82) is 10.5 Å². The number of aromatic nitrogens is 2. The van der Waals surface area contributed by atoms with Crippen molar-refractivity contribution in [2.75, 3.05) is 18.0 Å². The normalized spacial score (nSPS) is 15.4. The molecule has 1 aliphatic rings. The molecule has 1 aromatic heterocycles. The first-order valence-corrected chi connectivity index (χ1v) is 11.5. The van der Waals surface area contributed by atoms with Gasteiger partial charge in [-0.2, -0.15) is 10.5 Å². The molecular weight excluding hydrogens is 466 g/mol. The van der Waals surface area contributed by atoms with E-state index >= 15 is 0 Å². The molecule has 0 unspecified atom stereocenters. The minimum Gasteiger partial charge on any atom is -0.356 e. The minimum absolute atomic E-state index is 0.0509. The molecule has 0 amide bonds. The van der Waals surface area contributed by atoms with Gasteiger partial charge in [0.05, 0.1) is 29.8 Å². The molecule has 1 aliphatic heterocycles. The quantitative estimate of drug-likeness (QED) is 0.569. The molecule has 2 aromatic carbocycles. The second-order valence-electron chi connectivity index (χ2n) is 8.76. The Balaban J connectivity index is 1.62. The summed E-state index contributed by atoms with van der Waals surface area (Å²) in [7, 11) is 1.37. The number of hydrogen-bond acceptors (Lipinski definition) is 6. The van der Waals surface area contributed by atoms with Crippen molar-refractivity contribution in [2.45, 2.75) is 32.0 Å². The van der Waals surface area contributed by atoms with Crippen LogP contribution in [0.4, 0.5) is 14.6 Å². The van der Waals surface area contributed by atoms with Crippen LogP contribution in [0.15, 0.2) is 52.1 Å². The summed E-state index contributed by atoms with van der Waals surface area (Å²) >= 11 is 0. The lowest BCUT2D eigenvalue weighted by Gasteiger charge is -2.36. The molecule has 3 aromatic rings. The summed E-state index contributed by atoms with van der Waals surface area (Å²) in [6, 6.07) is 13.2. The largest absolute Gasteiger partial charge is 0.356 e. The van der Waals surface area contributed by atoms with Gasteiger partial charge in [-0.15, -0.1) is 0 Å². The van der Waals surface area contributed by atoms with Crippen molar-refractivity contribution in [3.8, 4) is 12.1 Å². The first-order valence-electron chi connectivity index (χ1n) is 11.5. The lowest BCUT2D eigenvalue weighted by molar-refractivity contribution is 0.415. The lowest BCUT2D eigenvalue weighted by Crippen LogP contribution is -2.49. The number of rotatable bonds is 6. The highest BCUT2D eigenvalue weighted by atomic mass is 19.1. The Kier molecular flexibility index (Phi) is 7.28. The summed E-state index contributed by atoms with van der Waals surface area (Å²) in [6.45, 7) is 1.25. The van der Waals surface area contributed by atoms with E-state index < -0.39 is 22.9 Å². The number of hydrogen-bond donors (Lipinski definition) is 1. The van der Waals surface area contributed by atoms with E-state index in [-0.39, 0.29) is 24.7 Å². The van der Waals surface area contributed by atoms with Crippen LogP contribution in [0.2, 0.25) is 0 Å². The second-order valence-corrected chi connectivity index (χ2v) is 8.76. The van der Waals surface area contributed by atoms with E-state index in [4.69, 9.17) is 0 Å². The van der Waals surface area contributed by atoms with Gasteiger partial charge in [-0.25, -0.2) is 13.6 Å². The standard InChI is InChI=1S/C26H24F2N6O2/c1-32-25(35)11-24(34(26(32)36)15-20-10-22(28)7-5-18(20)13-30)33-8-2-3-23(16-33)31-14-19-9-21(27)6-4-17(19)12-29/h4-7,9-11,23,31H,2-3,8,14-16H2,1H3/t23-/m1/s1. The highest BCUT2D eigenvalue weighted by Crippen LogP contribution is 2.21. The SMILES string of the molecule is Cn1c(=O)cc(N2CCC[C@@H](NCc3cc(F)ccc3C#N)C2)n(Cc2cc(F)ccc2C#N)c1=O. The van der Waals surface area contributed by atoms with Crippen molar-refractivity contribution < 1.29 is 8.78 Å². The monoisotopic (exact) mass is 490 g/mol. The van der Waals surface area contributed by atoms with Crippen molar-refractivity contribution >= 4 is 5.82 Å². The summed E-state index contributed by atoms with van der Waals surface area (Å²) in [4.78, 5) is 27.5. The van der Waals surface area contributed by atoms with Gasteiger partial charge in [-0.05, 0) is 60.4 Å². The van der Waals surface area contributed by atoms with E-state index in [9.17, 15) is 28.9 Å². The molecule has 2 heterocycles. The third-order valence-electron chi connectivity index (χ3n) is 6.41. The Hall–Kier alpha value is -4.28. The third kappa shape index (κ3) is 5.19. The Morgan fingerprint density at radius 1 is 1.00 bits per heavy atom. The van der Waals surface area contributed by atoms with Crippen LogP contribution in [-0.4, -0.2) is 28.3 Å². The summed E-state index contributed by atoms with van der Waals surface area (Å²) in [5, 5.41) is 22.1. The Morgan fingerprint density at radius 3 is 2.31 bits per heavy atom. The molecule has 8 nitrogen and oxygen atoms in total. The van der Waals surface area contributed by atoms with Gasteiger partial charge in [-0.3, -0.25) is 13.9 Å². The smallest absolute Gasteiger partial charge is 0.332 e. The molecule has 0 radical (unpaired) electrons. The van der Waals surface area contributed by atoms with Gasteiger partial charge in [0.25, 0.3) is 5.56 Å². The molecule has 0 spiro atoms. The van der Waals surface area contributed by atoms with Crippen LogP contribution in [0.1, 0.15) is 35.1 Å². The average molecular weight is 491 g/mol. The van der Waals surface area contributed by atoms with E-state index in [1.54, 1.807) is 0 Å². The maximum absolute atomic E-state index is 13.9. The molecule has 0 aliphatic carbocycles. The van der Waals surface area contributed by atoms with Gasteiger partial charge < -0.3 is 10.2 Å². The first kappa shape index (κ1) is 24.8. The fourth-order valence-corrected chi connectivity index (χ4v) is 4.47. The van der Waals surface area contributed by atoms with Crippen LogP contribution in [0.3, 0.4) is 0 Å². The van der Waals surface area contributed by atoms with E-state index in [0.29, 0.717) is 35.6 Å². The number of halogens is 2. The Bertz CT molecular complexity index is 1500. The second kappa shape index (κ2) is 10.5. The number of nitrogens with one attached hydrogen (secondary N) is 1. The number of nitrogens with zero attached hydrogens (tertiary/aromatic N) is 5. The summed E-state index contributed by atoms with van der Waals surface area (Å²) in [5.74, 6) is -0.569. The van der Waals surface area contributed by atoms with Gasteiger partial charge in [-0.1, -0.05) is 0 Å². The first-order chi connectivity index (χ1) is 17.3. The van der Waals surface area contributed by atoms with E-state index in [1.807, 2.05) is 11.0 Å². The van der Waals surface area contributed by atoms with Crippen LogP contribution >= 0.6 is 0 Å². The zero-order valence-electron chi connectivity index (χ0n) is 19.7. The fourth-order valence-electron chi connectivity index (χ4n) is 4.47. The van der Waals surface area contributed by atoms with Gasteiger partial charge in [0, 0.05) is 38.8 Å². The van der Waals surface area contributed by atoms with Crippen molar-refractivity contribution in [3.05, 3.63) is 97.2 Å². The third-order valence-corrected chi connectivity index (χ3v) is 6.41. The van der Waals surface area contributed by atoms with E-state index in [1.165, 1.54) is 54.1 Å². The topological polar surface area (TPSA) is 107 Å². The summed E-state index contributed by atoms with van der Waals surface area (Å²) in [6.07, 6.45) is 1.57. The molecule has 1 N–H and O–H groups in total. The molecule has 1 saturated heterocycles. The summed E-state index contributed by atoms with van der Waals surface area (Å²) < 4.78 is 30.0. The molecule has 10 heteroatoms. The number of piperidine rings is 1. The van der Waals surface area contributed by atoms with Gasteiger partial charge in [0.2, 0.25) is 0 Å². The molecular formula is C26H24F2N6O2. The lowest BCUT2D eigenvalue weighted by atomic mass is 10.0. The van der Waals surface area contributed by atoms with Crippen molar-refractivity contribution in [1.82, 2.24) is 14.5 Å². The Morgan fingerprint density at radius 2 is 1.64 bits per heavy atom. The summed E-state index contributed by atoms with van der Waals surface area (Å²) in [5.41, 5.74) is 0.472. The molecule has 0 bridgehead atoms. The zero-order valence-corrected chi connectivity index (χ0v) is 19.7. The zero-order chi connectivity index (χ0) is 25.8. The van der Waals surface area contributed by atoms with Gasteiger partial charge >= 0.3 is 5.69 Å². The molecule has 0 saturated carbocycles. The number of benzene rings is 2. The van der Waals surface area contributed by atoms with Crippen LogP contribution in [0.25, 0.3) is 0 Å². The van der Waals surface area contributed by atoms with E-state index in [2.05, 4.69) is 11.4 Å². The molecule has 184 valence electrons. The maximum atomic E-state index is 13.9. The van der Waals surface area contributed by atoms with Crippen LogP contribution in [0.5, 0.6) is 0 Å². The van der Waals surface area contributed by atoms with Gasteiger partial charge in [0.15, 0.2) is 0 Å². The predicted octanol–water partition coefficient (Wildman–Crippen LogP) is 2.38. The molecule has 4 rings (SSSR count). The van der Waals surface area contributed by atoms with E-state index in [0.717, 1.165) is 17.4 Å². The van der Waals surface area contributed by atoms with Crippen LogP contribution in [-0.2, 0) is 20.1 Å². The Labute approximate surface area is 206 Å². The highest BCUT2D eigenvalue weighted by Gasteiger charge is 2.24. The average Bonchev–Trinajstić information content (AvgIpc) is 2.88. The van der Waals surface area contributed by atoms with Crippen LogP contribution in [0, 0.1) is 34.3 Å². The predicted molar refractivity (Wildman–Crippen MR) is 129 cm³/mol. The minimum atomic E-state index is -0.570. The van der Waals surface area contributed by atoms with Crippen molar-refractivity contribution in [2.24, 2.45) is 7.05 Å². The fraction of sp³-hybridized carbons (Fsp3) is 0.308. The van der Waals surface area contributed by atoms with Crippen molar-refractivity contribution in [3.63, 3.8) is 0 Å². The van der Waals surface area contributed by atoms with Gasteiger partial charge in [0.1, 0.15) is 17.5 Å². The molecule has 1 fully saturated rings. The number of nitriles is 2. The molecule has 1 atom stereocenters. The van der Waals surface area contributed by atoms with Crippen LogP contribution < -0.4 is 21.5 Å². The maximum Gasteiger partial charge on any atom is 0.332 e. The number of anilines is 1. The highest BCUT2D eigenvalue weighted by molar-refractivity contribution is 5.43. The molecule has 36 heavy (non-hydrogen) atoms.